The van der Waals surface area contributed by atoms with Gasteiger partial charge in [-0.2, -0.15) is 0 Å². The van der Waals surface area contributed by atoms with Crippen molar-refractivity contribution in [2.45, 2.75) is 18.9 Å². The largest absolute Gasteiger partial charge is 0.496 e. The molecule has 5 heteroatoms. The SMILES string of the molecule is COc1ccc(C(NN)C2=CCCCO2)cc1F. The van der Waals surface area contributed by atoms with Gasteiger partial charge in [-0.15, -0.1) is 0 Å². The minimum absolute atomic E-state index is 0.216. The lowest BCUT2D eigenvalue weighted by Gasteiger charge is -2.23. The fourth-order valence-electron chi connectivity index (χ4n) is 1.98. The van der Waals surface area contributed by atoms with Crippen molar-refractivity contribution in [1.29, 1.82) is 0 Å². The van der Waals surface area contributed by atoms with Crippen LogP contribution >= 0.6 is 0 Å². The third kappa shape index (κ3) is 2.63. The number of hydrazine groups is 1. The van der Waals surface area contributed by atoms with Gasteiger partial charge in [0.05, 0.1) is 13.7 Å². The number of nitrogens with two attached hydrogens (primary N) is 1. The van der Waals surface area contributed by atoms with Crippen LogP contribution in [0.2, 0.25) is 0 Å². The molecule has 0 aromatic heterocycles. The summed E-state index contributed by atoms with van der Waals surface area (Å²) in [5.74, 6) is 6.08. The Morgan fingerprint density at radius 1 is 1.50 bits per heavy atom. The Balaban J connectivity index is 2.27. The molecule has 0 bridgehead atoms. The number of halogens is 1. The molecule has 98 valence electrons. The molecule has 1 aromatic rings. The van der Waals surface area contributed by atoms with E-state index in [0.717, 1.165) is 18.6 Å². The van der Waals surface area contributed by atoms with Crippen molar-refractivity contribution in [3.63, 3.8) is 0 Å². The molecule has 1 aromatic carbocycles. The zero-order valence-electron chi connectivity index (χ0n) is 10.3. The van der Waals surface area contributed by atoms with E-state index in [4.69, 9.17) is 15.3 Å². The smallest absolute Gasteiger partial charge is 0.165 e. The summed E-state index contributed by atoms with van der Waals surface area (Å²) in [6.45, 7) is 0.669. The molecule has 18 heavy (non-hydrogen) atoms. The first-order valence-corrected chi connectivity index (χ1v) is 5.88. The second-order valence-electron chi connectivity index (χ2n) is 4.09. The predicted octanol–water partition coefficient (Wildman–Crippen LogP) is 2.03. The van der Waals surface area contributed by atoms with Crippen LogP contribution in [0.15, 0.2) is 30.0 Å². The van der Waals surface area contributed by atoms with Gasteiger partial charge in [-0.3, -0.25) is 5.84 Å². The maximum Gasteiger partial charge on any atom is 0.165 e. The summed E-state index contributed by atoms with van der Waals surface area (Å²) in [4.78, 5) is 0. The molecule has 1 atom stereocenters. The van der Waals surface area contributed by atoms with E-state index in [0.29, 0.717) is 12.2 Å². The summed E-state index contributed by atoms with van der Waals surface area (Å²) in [7, 11) is 1.43. The van der Waals surface area contributed by atoms with E-state index in [-0.39, 0.29) is 11.8 Å². The molecule has 0 spiro atoms. The van der Waals surface area contributed by atoms with Crippen LogP contribution in [0.1, 0.15) is 24.4 Å². The van der Waals surface area contributed by atoms with Gasteiger partial charge in [0, 0.05) is 0 Å². The zero-order valence-corrected chi connectivity index (χ0v) is 10.3. The van der Waals surface area contributed by atoms with Crippen molar-refractivity contribution in [1.82, 2.24) is 5.43 Å². The number of hydrogen-bond acceptors (Lipinski definition) is 4. The molecule has 0 aliphatic carbocycles. The van der Waals surface area contributed by atoms with Gasteiger partial charge in [-0.25, -0.2) is 9.82 Å². The molecule has 1 aliphatic rings. The van der Waals surface area contributed by atoms with E-state index < -0.39 is 5.82 Å². The molecule has 0 saturated heterocycles. The van der Waals surface area contributed by atoms with Crippen LogP contribution in [-0.4, -0.2) is 13.7 Å². The number of nitrogens with one attached hydrogen (secondary N) is 1. The van der Waals surface area contributed by atoms with E-state index in [1.807, 2.05) is 6.08 Å². The Morgan fingerprint density at radius 3 is 2.89 bits per heavy atom. The summed E-state index contributed by atoms with van der Waals surface area (Å²) >= 11 is 0. The van der Waals surface area contributed by atoms with E-state index in [1.54, 1.807) is 12.1 Å². The second kappa shape index (κ2) is 5.84. The highest BCUT2D eigenvalue weighted by Crippen LogP contribution is 2.28. The van der Waals surface area contributed by atoms with Crippen molar-refractivity contribution in [2.75, 3.05) is 13.7 Å². The Labute approximate surface area is 106 Å². The van der Waals surface area contributed by atoms with Crippen molar-refractivity contribution in [2.24, 2.45) is 5.84 Å². The summed E-state index contributed by atoms with van der Waals surface area (Å²) in [5, 5.41) is 0. The van der Waals surface area contributed by atoms with Crippen LogP contribution in [-0.2, 0) is 4.74 Å². The van der Waals surface area contributed by atoms with Gasteiger partial charge in [0.2, 0.25) is 0 Å². The summed E-state index contributed by atoms with van der Waals surface area (Å²) in [6.07, 6.45) is 3.93. The lowest BCUT2D eigenvalue weighted by molar-refractivity contribution is 0.167. The fraction of sp³-hybridized carbons (Fsp3) is 0.385. The molecular weight excluding hydrogens is 235 g/mol. The molecule has 1 unspecified atom stereocenters. The highest BCUT2D eigenvalue weighted by molar-refractivity contribution is 5.34. The molecule has 1 aliphatic heterocycles. The van der Waals surface area contributed by atoms with Gasteiger partial charge < -0.3 is 9.47 Å². The number of benzene rings is 1. The molecule has 0 radical (unpaired) electrons. The first-order valence-electron chi connectivity index (χ1n) is 5.88. The Morgan fingerprint density at radius 2 is 2.33 bits per heavy atom. The van der Waals surface area contributed by atoms with Gasteiger partial charge in [0.15, 0.2) is 11.6 Å². The number of hydrogen-bond donors (Lipinski definition) is 2. The Kier molecular flexibility index (Phi) is 4.17. The average Bonchev–Trinajstić information content (AvgIpc) is 2.41. The fourth-order valence-corrected chi connectivity index (χ4v) is 1.98. The summed E-state index contributed by atoms with van der Waals surface area (Å²) < 4.78 is 24.1. The summed E-state index contributed by atoms with van der Waals surface area (Å²) in [5.41, 5.74) is 3.36. The van der Waals surface area contributed by atoms with Crippen molar-refractivity contribution in [3.05, 3.63) is 41.4 Å². The van der Waals surface area contributed by atoms with Crippen LogP contribution in [0.4, 0.5) is 4.39 Å². The molecule has 3 N–H and O–H groups in total. The highest BCUT2D eigenvalue weighted by Gasteiger charge is 2.19. The Bertz CT molecular complexity index is 449. The lowest BCUT2D eigenvalue weighted by atomic mass is 10.0. The van der Waals surface area contributed by atoms with E-state index in [1.165, 1.54) is 13.2 Å². The third-order valence-corrected chi connectivity index (χ3v) is 2.92. The van der Waals surface area contributed by atoms with Gasteiger partial charge in [0.25, 0.3) is 0 Å². The topological polar surface area (TPSA) is 56.5 Å². The minimum atomic E-state index is -0.411. The highest BCUT2D eigenvalue weighted by atomic mass is 19.1. The van der Waals surface area contributed by atoms with Crippen LogP contribution < -0.4 is 16.0 Å². The van der Waals surface area contributed by atoms with Gasteiger partial charge >= 0.3 is 0 Å². The lowest BCUT2D eigenvalue weighted by Crippen LogP contribution is -2.31. The second-order valence-corrected chi connectivity index (χ2v) is 4.09. The third-order valence-electron chi connectivity index (χ3n) is 2.92. The minimum Gasteiger partial charge on any atom is -0.496 e. The number of ether oxygens (including phenoxy) is 2. The molecule has 4 nitrogen and oxygen atoms in total. The Hall–Kier alpha value is -1.59. The molecule has 0 fully saturated rings. The molecular formula is C13H17FN2O2. The maximum absolute atomic E-state index is 13.7. The number of methoxy groups -OCH3 is 1. The van der Waals surface area contributed by atoms with Crippen LogP contribution in [0.25, 0.3) is 0 Å². The summed E-state index contributed by atoms with van der Waals surface area (Å²) in [6, 6.07) is 4.43. The molecule has 0 saturated carbocycles. The number of rotatable bonds is 4. The first kappa shape index (κ1) is 12.9. The van der Waals surface area contributed by atoms with E-state index in [9.17, 15) is 4.39 Å². The van der Waals surface area contributed by atoms with Crippen LogP contribution in [0.5, 0.6) is 5.75 Å². The first-order chi connectivity index (χ1) is 8.76. The quantitative estimate of drug-likeness (QED) is 0.636. The van der Waals surface area contributed by atoms with Crippen LogP contribution in [0.3, 0.4) is 0 Å². The molecule has 0 amide bonds. The van der Waals surface area contributed by atoms with Gasteiger partial charge in [-0.05, 0) is 36.6 Å². The monoisotopic (exact) mass is 252 g/mol. The van der Waals surface area contributed by atoms with Gasteiger partial charge in [0.1, 0.15) is 11.8 Å². The normalized spacial score (nSPS) is 16.7. The van der Waals surface area contributed by atoms with Crippen LogP contribution in [0, 0.1) is 5.82 Å². The standard InChI is InChI=1S/C13H17FN2O2/c1-17-11-6-5-9(8-10(11)14)13(16-15)12-4-2-3-7-18-12/h4-6,8,13,16H,2-3,7,15H2,1H3. The average molecular weight is 252 g/mol. The zero-order chi connectivity index (χ0) is 13.0. The molecule has 1 heterocycles. The van der Waals surface area contributed by atoms with Gasteiger partial charge in [-0.1, -0.05) is 6.07 Å². The van der Waals surface area contributed by atoms with E-state index in [2.05, 4.69) is 5.43 Å². The van der Waals surface area contributed by atoms with Crippen molar-refractivity contribution >= 4 is 0 Å². The predicted molar refractivity (Wildman–Crippen MR) is 66.3 cm³/mol. The van der Waals surface area contributed by atoms with E-state index >= 15 is 0 Å². The molecule has 2 rings (SSSR count). The van der Waals surface area contributed by atoms with Crippen molar-refractivity contribution in [3.8, 4) is 5.75 Å². The van der Waals surface area contributed by atoms with Crippen molar-refractivity contribution < 1.29 is 13.9 Å². The maximum atomic E-state index is 13.7. The number of allylic oxidation sites excluding steroid dienone is 1.